The van der Waals surface area contributed by atoms with E-state index in [-0.39, 0.29) is 0 Å². The van der Waals surface area contributed by atoms with Crippen molar-refractivity contribution in [2.75, 3.05) is 5.73 Å². The molecule has 3 heterocycles. The molecule has 3 rings (SSSR count). The summed E-state index contributed by atoms with van der Waals surface area (Å²) in [4.78, 5) is 12.8. The first-order valence-corrected chi connectivity index (χ1v) is 7.23. The number of hydrogen-bond acceptors (Lipinski definition) is 5. The van der Waals surface area contributed by atoms with Gasteiger partial charge < -0.3 is 10.3 Å². The summed E-state index contributed by atoms with van der Waals surface area (Å²) in [5.74, 6) is 0. The lowest BCUT2D eigenvalue weighted by Gasteiger charge is -2.08. The zero-order valence-electron chi connectivity index (χ0n) is 11.2. The minimum absolute atomic E-state index is 0.715. The van der Waals surface area contributed by atoms with Crippen LogP contribution in [0.5, 0.6) is 0 Å². The highest BCUT2D eigenvalue weighted by Gasteiger charge is 2.09. The van der Waals surface area contributed by atoms with Gasteiger partial charge in [-0.05, 0) is 13.0 Å². The molecular formula is C14H15N5S. The van der Waals surface area contributed by atoms with Crippen molar-refractivity contribution < 1.29 is 0 Å². The molecule has 0 fully saturated rings. The fourth-order valence-corrected chi connectivity index (χ4v) is 2.84. The average Bonchev–Trinajstić information content (AvgIpc) is 3.06. The summed E-state index contributed by atoms with van der Waals surface area (Å²) in [6, 6.07) is 1.80. The van der Waals surface area contributed by atoms with Gasteiger partial charge in [-0.25, -0.2) is 9.97 Å². The number of nitrogen functional groups attached to an aromatic ring is 1. The van der Waals surface area contributed by atoms with E-state index in [2.05, 4.69) is 24.9 Å². The van der Waals surface area contributed by atoms with Crippen LogP contribution in [-0.2, 0) is 13.0 Å². The number of rotatable bonds is 4. The van der Waals surface area contributed by atoms with Crippen molar-refractivity contribution in [3.8, 4) is 11.3 Å². The van der Waals surface area contributed by atoms with E-state index in [0.29, 0.717) is 5.69 Å². The molecule has 0 saturated carbocycles. The topological polar surface area (TPSA) is 69.6 Å². The van der Waals surface area contributed by atoms with Crippen LogP contribution in [0.4, 0.5) is 5.69 Å². The smallest absolute Gasteiger partial charge is 0.0951 e. The van der Waals surface area contributed by atoms with Crippen LogP contribution in [0.15, 0.2) is 36.4 Å². The summed E-state index contributed by atoms with van der Waals surface area (Å²) in [5.41, 5.74) is 9.70. The van der Waals surface area contributed by atoms with Crippen molar-refractivity contribution in [1.29, 1.82) is 0 Å². The van der Waals surface area contributed by atoms with Gasteiger partial charge in [0, 0.05) is 47.7 Å². The summed E-state index contributed by atoms with van der Waals surface area (Å²) in [6.45, 7) is 2.84. The molecule has 6 heteroatoms. The summed E-state index contributed by atoms with van der Waals surface area (Å²) < 4.78 is 2.09. The predicted molar refractivity (Wildman–Crippen MR) is 80.4 cm³/mol. The SMILES string of the molecule is Cc1csc(CCn2cncc2-c2cnccc2N)n1. The van der Waals surface area contributed by atoms with Gasteiger partial charge in [0.15, 0.2) is 0 Å². The van der Waals surface area contributed by atoms with E-state index in [9.17, 15) is 0 Å². The van der Waals surface area contributed by atoms with Crippen LogP contribution in [0.25, 0.3) is 11.3 Å². The Morgan fingerprint density at radius 2 is 2.20 bits per heavy atom. The van der Waals surface area contributed by atoms with Crippen LogP contribution in [0.1, 0.15) is 10.7 Å². The van der Waals surface area contributed by atoms with E-state index < -0.39 is 0 Å². The Labute approximate surface area is 121 Å². The molecule has 0 amide bonds. The van der Waals surface area contributed by atoms with E-state index in [1.807, 2.05) is 19.4 Å². The monoisotopic (exact) mass is 285 g/mol. The van der Waals surface area contributed by atoms with Gasteiger partial charge in [-0.3, -0.25) is 4.98 Å². The Balaban J connectivity index is 1.82. The molecule has 0 aromatic carbocycles. The van der Waals surface area contributed by atoms with Crippen LogP contribution in [0, 0.1) is 6.92 Å². The highest BCUT2D eigenvalue weighted by atomic mass is 32.1. The highest BCUT2D eigenvalue weighted by molar-refractivity contribution is 7.09. The molecule has 5 nitrogen and oxygen atoms in total. The van der Waals surface area contributed by atoms with Crippen LogP contribution in [0.3, 0.4) is 0 Å². The molecule has 0 radical (unpaired) electrons. The first-order chi connectivity index (χ1) is 9.74. The Morgan fingerprint density at radius 3 is 2.95 bits per heavy atom. The molecule has 0 atom stereocenters. The maximum absolute atomic E-state index is 6.00. The third-order valence-electron chi connectivity index (χ3n) is 3.08. The lowest BCUT2D eigenvalue weighted by molar-refractivity contribution is 0.698. The standard InChI is InChI=1S/C14H15N5S/c1-10-8-20-14(18-10)3-5-19-9-17-7-13(19)11-6-16-4-2-12(11)15/h2,4,6-9H,3,5H2,1H3,(H2,15,16). The molecule has 0 bridgehead atoms. The molecule has 0 unspecified atom stereocenters. The maximum atomic E-state index is 6.00. The number of hydrogen-bond donors (Lipinski definition) is 1. The number of thiazole rings is 1. The van der Waals surface area contributed by atoms with Gasteiger partial charge >= 0.3 is 0 Å². The first kappa shape index (κ1) is 12.8. The zero-order valence-corrected chi connectivity index (χ0v) is 12.0. The number of nitrogens with zero attached hydrogens (tertiary/aromatic N) is 4. The van der Waals surface area contributed by atoms with Crippen molar-refractivity contribution in [1.82, 2.24) is 19.5 Å². The third-order valence-corrected chi connectivity index (χ3v) is 4.10. The van der Waals surface area contributed by atoms with Crippen LogP contribution < -0.4 is 5.73 Å². The van der Waals surface area contributed by atoms with E-state index >= 15 is 0 Å². The summed E-state index contributed by atoms with van der Waals surface area (Å²) in [6.07, 6.45) is 8.00. The molecule has 20 heavy (non-hydrogen) atoms. The molecule has 0 aliphatic carbocycles. The Kier molecular flexibility index (Phi) is 3.47. The number of pyridine rings is 1. The van der Waals surface area contributed by atoms with Gasteiger partial charge in [0.2, 0.25) is 0 Å². The minimum atomic E-state index is 0.715. The molecule has 2 N–H and O–H groups in total. The van der Waals surface area contributed by atoms with Crippen molar-refractivity contribution in [3.05, 3.63) is 47.1 Å². The normalized spacial score (nSPS) is 10.8. The number of aryl methyl sites for hydroxylation is 3. The minimum Gasteiger partial charge on any atom is -0.398 e. The van der Waals surface area contributed by atoms with Crippen LogP contribution >= 0.6 is 11.3 Å². The van der Waals surface area contributed by atoms with Gasteiger partial charge in [-0.1, -0.05) is 0 Å². The summed E-state index contributed by atoms with van der Waals surface area (Å²) in [5, 5.41) is 3.21. The zero-order chi connectivity index (χ0) is 13.9. The largest absolute Gasteiger partial charge is 0.398 e. The second-order valence-electron chi connectivity index (χ2n) is 4.57. The third kappa shape index (κ3) is 2.55. The summed E-state index contributed by atoms with van der Waals surface area (Å²) >= 11 is 1.69. The average molecular weight is 285 g/mol. The van der Waals surface area contributed by atoms with Crippen molar-refractivity contribution in [2.45, 2.75) is 19.9 Å². The van der Waals surface area contributed by atoms with Crippen LogP contribution in [-0.4, -0.2) is 19.5 Å². The molecular weight excluding hydrogens is 270 g/mol. The Morgan fingerprint density at radius 1 is 1.30 bits per heavy atom. The first-order valence-electron chi connectivity index (χ1n) is 6.35. The number of imidazole rings is 1. The molecule has 0 aliphatic rings. The van der Waals surface area contributed by atoms with Gasteiger partial charge in [0.05, 0.1) is 23.2 Å². The lowest BCUT2D eigenvalue weighted by Crippen LogP contribution is -2.03. The van der Waals surface area contributed by atoms with E-state index in [4.69, 9.17) is 5.73 Å². The van der Waals surface area contributed by atoms with E-state index in [1.54, 1.807) is 29.8 Å². The van der Waals surface area contributed by atoms with Gasteiger partial charge in [-0.15, -0.1) is 11.3 Å². The van der Waals surface area contributed by atoms with Gasteiger partial charge in [-0.2, -0.15) is 0 Å². The van der Waals surface area contributed by atoms with E-state index in [0.717, 1.165) is 34.9 Å². The summed E-state index contributed by atoms with van der Waals surface area (Å²) in [7, 11) is 0. The fraction of sp³-hybridized carbons (Fsp3) is 0.214. The quantitative estimate of drug-likeness (QED) is 0.799. The van der Waals surface area contributed by atoms with Crippen molar-refractivity contribution in [3.63, 3.8) is 0 Å². The number of aromatic nitrogens is 4. The molecule has 0 aliphatic heterocycles. The van der Waals surface area contributed by atoms with E-state index in [1.165, 1.54) is 0 Å². The fourth-order valence-electron chi connectivity index (χ4n) is 2.08. The Hall–Kier alpha value is -2.21. The lowest BCUT2D eigenvalue weighted by atomic mass is 10.2. The van der Waals surface area contributed by atoms with Crippen LogP contribution in [0.2, 0.25) is 0 Å². The predicted octanol–water partition coefficient (Wildman–Crippen LogP) is 2.53. The molecule has 3 aromatic heterocycles. The molecule has 0 saturated heterocycles. The number of nitrogens with two attached hydrogens (primary N) is 1. The molecule has 0 spiro atoms. The van der Waals surface area contributed by atoms with Gasteiger partial charge in [0.1, 0.15) is 0 Å². The molecule has 102 valence electrons. The second kappa shape index (κ2) is 5.42. The highest BCUT2D eigenvalue weighted by Crippen LogP contribution is 2.24. The van der Waals surface area contributed by atoms with Gasteiger partial charge in [0.25, 0.3) is 0 Å². The van der Waals surface area contributed by atoms with Crippen molar-refractivity contribution in [2.24, 2.45) is 0 Å². The Bertz CT molecular complexity index is 716. The maximum Gasteiger partial charge on any atom is 0.0951 e. The second-order valence-corrected chi connectivity index (χ2v) is 5.51. The molecule has 3 aromatic rings. The number of anilines is 1. The van der Waals surface area contributed by atoms with Crippen molar-refractivity contribution >= 4 is 17.0 Å².